The molecule has 6 nitrogen and oxygen atoms in total. The van der Waals surface area contributed by atoms with Gasteiger partial charge in [0.15, 0.2) is 5.82 Å². The normalized spacial score (nSPS) is 11.1. The lowest BCUT2D eigenvalue weighted by atomic mass is 10.3. The lowest BCUT2D eigenvalue weighted by Crippen LogP contribution is -2.02. The van der Waals surface area contributed by atoms with Crippen molar-refractivity contribution in [2.45, 2.75) is 6.61 Å². The van der Waals surface area contributed by atoms with E-state index in [0.29, 0.717) is 47.6 Å². The van der Waals surface area contributed by atoms with Gasteiger partial charge in [0.1, 0.15) is 18.1 Å². The Morgan fingerprint density at radius 3 is 2.22 bits per heavy atom. The first-order valence-electron chi connectivity index (χ1n) is 7.41. The van der Waals surface area contributed by atoms with E-state index in [0.717, 1.165) is 0 Å². The third-order valence-corrected chi connectivity index (χ3v) is 5.22. The molecule has 0 aliphatic carbocycles. The van der Waals surface area contributed by atoms with Gasteiger partial charge in [-0.15, -0.1) is 15.3 Å². The number of hydrogen-bond acceptors (Lipinski definition) is 6. The minimum atomic E-state index is 0.118. The van der Waals surface area contributed by atoms with Crippen molar-refractivity contribution in [2.75, 3.05) is 0 Å². The molecule has 0 saturated heterocycles. The predicted octanol–water partition coefficient (Wildman–Crippen LogP) is 6.17. The van der Waals surface area contributed by atoms with Crippen LogP contribution in [0.2, 0.25) is 20.1 Å². The molecule has 0 aliphatic rings. The molecule has 0 aliphatic heterocycles. The second-order valence-electron chi connectivity index (χ2n) is 5.22. The topological polar surface area (TPSA) is 61.5 Å². The quantitative estimate of drug-likeness (QED) is 0.355. The molecule has 2 heterocycles. The molecular weight excluding hydrogens is 454 g/mol. The van der Waals surface area contributed by atoms with Gasteiger partial charge in [-0.1, -0.05) is 46.4 Å². The van der Waals surface area contributed by atoms with Crippen molar-refractivity contribution < 1.29 is 9.47 Å². The van der Waals surface area contributed by atoms with Crippen LogP contribution in [0, 0.1) is 0 Å². The van der Waals surface area contributed by atoms with E-state index in [1.54, 1.807) is 36.4 Å². The van der Waals surface area contributed by atoms with Crippen molar-refractivity contribution >= 4 is 62.7 Å². The fourth-order valence-corrected chi connectivity index (χ4v) is 3.79. The Morgan fingerprint density at radius 1 is 0.889 bits per heavy atom. The first-order valence-corrected chi connectivity index (χ1v) is 9.74. The van der Waals surface area contributed by atoms with Crippen LogP contribution in [-0.4, -0.2) is 19.8 Å². The molecule has 11 heteroatoms. The van der Waals surface area contributed by atoms with Crippen molar-refractivity contribution in [3.05, 3.63) is 62.3 Å². The third kappa shape index (κ3) is 4.07. The van der Waals surface area contributed by atoms with E-state index < -0.39 is 0 Å². The molecule has 4 rings (SSSR count). The average molecular weight is 462 g/mol. The van der Waals surface area contributed by atoms with Crippen molar-refractivity contribution in [3.63, 3.8) is 0 Å². The molecule has 0 radical (unpaired) electrons. The third-order valence-electron chi connectivity index (χ3n) is 3.38. The Labute approximate surface area is 177 Å². The standard InChI is InChI=1S/C16H8Cl4N4O2S/c17-8-1-3-12(10(19)5-8)25-7-14-21-22-15-24(14)23-16(27-15)26-13-4-2-9(18)6-11(13)20/h1-6H,7H2. The highest BCUT2D eigenvalue weighted by Crippen LogP contribution is 2.34. The summed E-state index contributed by atoms with van der Waals surface area (Å²) >= 11 is 25.2. The lowest BCUT2D eigenvalue weighted by molar-refractivity contribution is 0.292. The number of hydrogen-bond donors (Lipinski definition) is 0. The summed E-state index contributed by atoms with van der Waals surface area (Å²) in [6.45, 7) is 0.118. The van der Waals surface area contributed by atoms with Gasteiger partial charge in [0.2, 0.25) is 4.96 Å². The summed E-state index contributed by atoms with van der Waals surface area (Å²) in [6, 6.07) is 9.90. The molecule has 27 heavy (non-hydrogen) atoms. The number of rotatable bonds is 5. The molecule has 0 fully saturated rings. The number of halogens is 4. The van der Waals surface area contributed by atoms with Gasteiger partial charge in [-0.05, 0) is 47.7 Å². The van der Waals surface area contributed by atoms with Crippen LogP contribution in [-0.2, 0) is 6.61 Å². The zero-order valence-corrected chi connectivity index (χ0v) is 17.0. The van der Waals surface area contributed by atoms with Crippen LogP contribution in [0.3, 0.4) is 0 Å². The van der Waals surface area contributed by atoms with Gasteiger partial charge in [-0.3, -0.25) is 0 Å². The lowest BCUT2D eigenvalue weighted by Gasteiger charge is -2.06. The molecule has 0 spiro atoms. The van der Waals surface area contributed by atoms with Crippen LogP contribution in [0.5, 0.6) is 16.7 Å². The molecule has 0 saturated carbocycles. The predicted molar refractivity (Wildman–Crippen MR) is 106 cm³/mol. The number of ether oxygens (including phenoxy) is 2. The van der Waals surface area contributed by atoms with E-state index in [4.69, 9.17) is 55.9 Å². The highest BCUT2D eigenvalue weighted by Gasteiger charge is 2.15. The van der Waals surface area contributed by atoms with Crippen LogP contribution >= 0.6 is 57.7 Å². The zero-order valence-electron chi connectivity index (χ0n) is 13.2. The maximum absolute atomic E-state index is 6.12. The summed E-state index contributed by atoms with van der Waals surface area (Å²) in [5.41, 5.74) is 0. The summed E-state index contributed by atoms with van der Waals surface area (Å²) in [5.74, 6) is 1.42. The monoisotopic (exact) mass is 460 g/mol. The van der Waals surface area contributed by atoms with Crippen LogP contribution in [0.25, 0.3) is 4.96 Å². The van der Waals surface area contributed by atoms with Crippen LogP contribution in [0.4, 0.5) is 0 Å². The SMILES string of the molecule is Clc1ccc(OCc2nnc3sc(Oc4ccc(Cl)cc4Cl)nn23)c(Cl)c1. The molecule has 0 amide bonds. The molecule has 0 bridgehead atoms. The highest BCUT2D eigenvalue weighted by atomic mass is 35.5. The van der Waals surface area contributed by atoms with E-state index in [1.165, 1.54) is 15.9 Å². The summed E-state index contributed by atoms with van der Waals surface area (Å²) in [4.78, 5) is 0.552. The molecule has 0 atom stereocenters. The Balaban J connectivity index is 1.53. The Hall–Kier alpha value is -1.77. The molecular formula is C16H8Cl4N4O2S. The van der Waals surface area contributed by atoms with Gasteiger partial charge in [0.25, 0.3) is 5.19 Å². The highest BCUT2D eigenvalue weighted by molar-refractivity contribution is 7.18. The van der Waals surface area contributed by atoms with Crippen molar-refractivity contribution in [1.29, 1.82) is 0 Å². The summed E-state index contributed by atoms with van der Waals surface area (Å²) in [5, 5.41) is 14.7. The maximum Gasteiger partial charge on any atom is 0.300 e. The van der Waals surface area contributed by atoms with E-state index in [9.17, 15) is 0 Å². The van der Waals surface area contributed by atoms with Gasteiger partial charge in [-0.2, -0.15) is 4.52 Å². The smallest absolute Gasteiger partial charge is 0.300 e. The second-order valence-corrected chi connectivity index (χ2v) is 7.82. The van der Waals surface area contributed by atoms with Gasteiger partial charge in [0.05, 0.1) is 10.0 Å². The van der Waals surface area contributed by atoms with Crippen LogP contribution in [0.15, 0.2) is 36.4 Å². The molecule has 2 aromatic carbocycles. The molecule has 0 unspecified atom stereocenters. The van der Waals surface area contributed by atoms with Gasteiger partial charge in [0, 0.05) is 10.0 Å². The zero-order chi connectivity index (χ0) is 19.0. The van der Waals surface area contributed by atoms with Crippen molar-refractivity contribution in [3.8, 4) is 16.7 Å². The maximum atomic E-state index is 6.12. The van der Waals surface area contributed by atoms with Crippen LogP contribution in [0.1, 0.15) is 5.82 Å². The van der Waals surface area contributed by atoms with Gasteiger partial charge in [-0.25, -0.2) is 0 Å². The van der Waals surface area contributed by atoms with E-state index in [-0.39, 0.29) is 6.61 Å². The number of nitrogens with zero attached hydrogens (tertiary/aromatic N) is 4. The molecule has 138 valence electrons. The first kappa shape index (κ1) is 18.6. The average Bonchev–Trinajstić information content (AvgIpc) is 3.17. The van der Waals surface area contributed by atoms with Crippen molar-refractivity contribution in [1.82, 2.24) is 19.8 Å². The number of benzene rings is 2. The van der Waals surface area contributed by atoms with Gasteiger partial charge < -0.3 is 9.47 Å². The second kappa shape index (κ2) is 7.69. The largest absolute Gasteiger partial charge is 0.484 e. The molecule has 4 aromatic rings. The molecule has 2 aromatic heterocycles. The van der Waals surface area contributed by atoms with E-state index >= 15 is 0 Å². The Bertz CT molecular complexity index is 1130. The van der Waals surface area contributed by atoms with E-state index in [1.807, 2.05) is 0 Å². The fraction of sp³-hybridized carbons (Fsp3) is 0.0625. The summed E-state index contributed by atoms with van der Waals surface area (Å²) in [7, 11) is 0. The Kier molecular flexibility index (Phi) is 5.29. The number of aromatic nitrogens is 4. The fourth-order valence-electron chi connectivity index (χ4n) is 2.16. The summed E-state index contributed by atoms with van der Waals surface area (Å²) < 4.78 is 12.9. The molecule has 0 N–H and O–H groups in total. The van der Waals surface area contributed by atoms with Crippen LogP contribution < -0.4 is 9.47 Å². The summed E-state index contributed by atoms with van der Waals surface area (Å²) in [6.07, 6.45) is 0. The van der Waals surface area contributed by atoms with E-state index in [2.05, 4.69) is 15.3 Å². The number of fused-ring (bicyclic) bond motifs is 1. The first-order chi connectivity index (χ1) is 13.0. The minimum absolute atomic E-state index is 0.118. The Morgan fingerprint density at radius 2 is 1.56 bits per heavy atom. The van der Waals surface area contributed by atoms with Crippen molar-refractivity contribution in [2.24, 2.45) is 0 Å². The van der Waals surface area contributed by atoms with Gasteiger partial charge >= 0.3 is 0 Å². The minimum Gasteiger partial charge on any atom is -0.484 e.